The van der Waals surface area contributed by atoms with Gasteiger partial charge in [-0.05, 0) is 68.1 Å². The minimum Gasteiger partial charge on any atom is -0.346 e. The zero-order chi connectivity index (χ0) is 24.5. The molecule has 2 saturated carbocycles. The predicted molar refractivity (Wildman–Crippen MR) is 114 cm³/mol. The molecule has 0 radical (unpaired) electrons. The molecule has 2 unspecified atom stereocenters. The van der Waals surface area contributed by atoms with Gasteiger partial charge >= 0.3 is 6.18 Å². The third-order valence-electron chi connectivity index (χ3n) is 6.08. The molecule has 0 aromatic heterocycles. The summed E-state index contributed by atoms with van der Waals surface area (Å²) in [7, 11) is 0. The smallest absolute Gasteiger partial charge is 0.346 e. The number of amides is 3. The molecule has 5 N–H and O–H groups in total. The van der Waals surface area contributed by atoms with E-state index in [2.05, 4.69) is 10.6 Å². The normalized spacial score (nSPS) is 17.9. The summed E-state index contributed by atoms with van der Waals surface area (Å²) in [6, 6.07) is 1.26. The maximum atomic E-state index is 14.9. The van der Waals surface area contributed by atoms with Crippen LogP contribution < -0.4 is 21.7 Å². The molecule has 1 aromatic carbocycles. The van der Waals surface area contributed by atoms with Crippen LogP contribution in [-0.2, 0) is 14.4 Å². The summed E-state index contributed by atoms with van der Waals surface area (Å²) in [5.74, 6) is -3.34. The van der Waals surface area contributed by atoms with Crippen LogP contribution in [0.5, 0.6) is 0 Å². The number of hydrogen-bond acceptors (Lipinski definition) is 4. The van der Waals surface area contributed by atoms with Crippen molar-refractivity contribution in [3.8, 4) is 0 Å². The Kier molecular flexibility index (Phi) is 7.30. The number of carbonyl (C=O) groups excluding carboxylic acids is 3. The highest BCUT2D eigenvalue weighted by molar-refractivity contribution is 5.97. The van der Waals surface area contributed by atoms with Crippen LogP contribution >= 0.6 is 0 Å². The molecule has 0 saturated heterocycles. The number of nitrogens with two attached hydrogens (primary N) is 1. The molecule has 0 heterocycles. The van der Waals surface area contributed by atoms with Gasteiger partial charge in [-0.25, -0.2) is 4.39 Å². The van der Waals surface area contributed by atoms with Crippen molar-refractivity contribution < 1.29 is 31.9 Å². The average molecular weight is 472 g/mol. The van der Waals surface area contributed by atoms with Crippen molar-refractivity contribution in [3.05, 3.63) is 23.5 Å². The second-order valence-electron chi connectivity index (χ2n) is 8.92. The summed E-state index contributed by atoms with van der Waals surface area (Å²) in [5.41, 5.74) is 5.93. The number of benzene rings is 1. The van der Waals surface area contributed by atoms with Crippen LogP contribution in [-0.4, -0.2) is 36.5 Å². The Balaban J connectivity index is 1.79. The van der Waals surface area contributed by atoms with Crippen molar-refractivity contribution in [1.82, 2.24) is 5.32 Å². The molecule has 1 aromatic rings. The van der Waals surface area contributed by atoms with Crippen LogP contribution in [0.4, 0.5) is 28.9 Å². The molecule has 182 valence electrons. The molecule has 0 bridgehead atoms. The number of halogens is 4. The van der Waals surface area contributed by atoms with Crippen LogP contribution in [0.3, 0.4) is 0 Å². The predicted octanol–water partition coefficient (Wildman–Crippen LogP) is 3.27. The van der Waals surface area contributed by atoms with Gasteiger partial charge in [-0.1, -0.05) is 0 Å². The van der Waals surface area contributed by atoms with Crippen molar-refractivity contribution in [2.24, 2.45) is 23.5 Å². The lowest BCUT2D eigenvalue weighted by Crippen LogP contribution is -2.44. The Morgan fingerprint density at radius 3 is 2.09 bits per heavy atom. The van der Waals surface area contributed by atoms with Gasteiger partial charge in [0.1, 0.15) is 12.4 Å². The first-order chi connectivity index (χ1) is 15.4. The lowest BCUT2D eigenvalue weighted by atomic mass is 9.89. The van der Waals surface area contributed by atoms with Gasteiger partial charge in [-0.15, -0.1) is 0 Å². The second kappa shape index (κ2) is 9.66. The van der Waals surface area contributed by atoms with Gasteiger partial charge in [0.25, 0.3) is 0 Å². The summed E-state index contributed by atoms with van der Waals surface area (Å²) in [5, 5.41) is 6.65. The third kappa shape index (κ3) is 6.66. The van der Waals surface area contributed by atoms with Crippen molar-refractivity contribution in [1.29, 1.82) is 0 Å². The molecular weight excluding hydrogens is 444 g/mol. The van der Waals surface area contributed by atoms with E-state index in [9.17, 15) is 31.9 Å². The van der Waals surface area contributed by atoms with E-state index in [1.165, 1.54) is 13.8 Å². The van der Waals surface area contributed by atoms with Gasteiger partial charge < -0.3 is 21.7 Å². The Morgan fingerprint density at radius 2 is 1.61 bits per heavy atom. The number of nitrogens with one attached hydrogen (secondary N) is 3. The maximum Gasteiger partial charge on any atom is 0.405 e. The van der Waals surface area contributed by atoms with E-state index in [1.807, 2.05) is 0 Å². The lowest BCUT2D eigenvalue weighted by Gasteiger charge is -2.24. The van der Waals surface area contributed by atoms with E-state index in [1.54, 1.807) is 5.32 Å². The molecule has 33 heavy (non-hydrogen) atoms. The molecule has 0 spiro atoms. The minimum absolute atomic E-state index is 0.00312. The Labute approximate surface area is 188 Å². The molecule has 2 aliphatic rings. The third-order valence-corrected chi connectivity index (χ3v) is 6.08. The van der Waals surface area contributed by atoms with Crippen LogP contribution in [0.2, 0.25) is 0 Å². The van der Waals surface area contributed by atoms with E-state index < -0.39 is 48.2 Å². The van der Waals surface area contributed by atoms with E-state index in [4.69, 9.17) is 5.73 Å². The number of carbonyl (C=O) groups is 3. The molecule has 3 rings (SSSR count). The summed E-state index contributed by atoms with van der Waals surface area (Å²) < 4.78 is 52.1. The van der Waals surface area contributed by atoms with Gasteiger partial charge in [0.15, 0.2) is 0 Å². The standard InChI is InChI=1S/C22H28F4N4O3/c1-10(20(32)28-9-22(24,25)26)14-7-15(23)17(8-16(14)29-11(2)31)30-21(33)19(27)18(12-3-4-12)13-5-6-13/h7-8,10,12-13,18-19H,3-6,9,27H2,1-2H3,(H,28,32)(H,29,31)(H,30,33). The van der Waals surface area contributed by atoms with Crippen molar-refractivity contribution in [3.63, 3.8) is 0 Å². The van der Waals surface area contributed by atoms with Crippen LogP contribution in [0.1, 0.15) is 51.0 Å². The largest absolute Gasteiger partial charge is 0.405 e. The van der Waals surface area contributed by atoms with Crippen molar-refractivity contribution in [2.45, 2.75) is 57.7 Å². The van der Waals surface area contributed by atoms with Crippen LogP contribution in [0.15, 0.2) is 12.1 Å². The topological polar surface area (TPSA) is 113 Å². The van der Waals surface area contributed by atoms with E-state index in [0.29, 0.717) is 11.8 Å². The molecule has 2 aliphatic carbocycles. The number of rotatable bonds is 9. The fraction of sp³-hybridized carbons (Fsp3) is 0.591. The summed E-state index contributed by atoms with van der Waals surface area (Å²) in [4.78, 5) is 36.6. The molecule has 11 heteroatoms. The van der Waals surface area contributed by atoms with Crippen LogP contribution in [0, 0.1) is 23.6 Å². The number of hydrogen-bond donors (Lipinski definition) is 4. The van der Waals surface area contributed by atoms with E-state index in [-0.39, 0.29) is 22.9 Å². The molecule has 0 aliphatic heterocycles. The number of anilines is 2. The average Bonchev–Trinajstić information content (AvgIpc) is 3.62. The van der Waals surface area contributed by atoms with E-state index >= 15 is 0 Å². The monoisotopic (exact) mass is 472 g/mol. The van der Waals surface area contributed by atoms with E-state index in [0.717, 1.165) is 37.8 Å². The van der Waals surface area contributed by atoms with Gasteiger partial charge in [0.2, 0.25) is 17.7 Å². The Morgan fingerprint density at radius 1 is 1.03 bits per heavy atom. The second-order valence-corrected chi connectivity index (χ2v) is 8.92. The summed E-state index contributed by atoms with van der Waals surface area (Å²) in [6.45, 7) is 0.935. The van der Waals surface area contributed by atoms with Crippen LogP contribution in [0.25, 0.3) is 0 Å². The highest BCUT2D eigenvalue weighted by Gasteiger charge is 2.46. The Bertz CT molecular complexity index is 917. The van der Waals surface area contributed by atoms with Crippen molar-refractivity contribution >= 4 is 29.1 Å². The van der Waals surface area contributed by atoms with Gasteiger partial charge in [-0.2, -0.15) is 13.2 Å². The zero-order valence-electron chi connectivity index (χ0n) is 18.4. The van der Waals surface area contributed by atoms with Gasteiger partial charge in [0.05, 0.1) is 17.6 Å². The fourth-order valence-electron chi connectivity index (χ4n) is 4.15. The van der Waals surface area contributed by atoms with Crippen molar-refractivity contribution in [2.75, 3.05) is 17.2 Å². The van der Waals surface area contributed by atoms with Gasteiger partial charge in [-0.3, -0.25) is 14.4 Å². The quantitative estimate of drug-likeness (QED) is 0.413. The highest BCUT2D eigenvalue weighted by atomic mass is 19.4. The first-order valence-corrected chi connectivity index (χ1v) is 10.9. The first-order valence-electron chi connectivity index (χ1n) is 10.9. The van der Waals surface area contributed by atoms with Gasteiger partial charge in [0, 0.05) is 12.6 Å². The lowest BCUT2D eigenvalue weighted by molar-refractivity contribution is -0.139. The maximum absolute atomic E-state index is 14.9. The molecule has 3 amide bonds. The molecule has 2 atom stereocenters. The first kappa shape index (κ1) is 24.9. The SMILES string of the molecule is CC(=O)Nc1cc(NC(=O)C(N)C(C2CC2)C2CC2)c(F)cc1C(C)C(=O)NCC(F)(F)F. The molecule has 7 nitrogen and oxygen atoms in total. The number of alkyl halides is 3. The molecule has 2 fully saturated rings. The fourth-order valence-corrected chi connectivity index (χ4v) is 4.15. The molecular formula is C22H28F4N4O3. The highest BCUT2D eigenvalue weighted by Crippen LogP contribution is 2.50. The summed E-state index contributed by atoms with van der Waals surface area (Å²) >= 11 is 0. The minimum atomic E-state index is -4.60. The Hall–Kier alpha value is -2.69. The zero-order valence-corrected chi connectivity index (χ0v) is 18.4. The summed E-state index contributed by atoms with van der Waals surface area (Å²) in [6.07, 6.45) is -0.524.